The third-order valence-electron chi connectivity index (χ3n) is 3.35. The van der Waals surface area contributed by atoms with Crippen LogP contribution in [0.1, 0.15) is 42.8 Å². The van der Waals surface area contributed by atoms with Gasteiger partial charge in [0.25, 0.3) is 0 Å². The van der Waals surface area contributed by atoms with E-state index in [1.165, 1.54) is 36.9 Å². The van der Waals surface area contributed by atoms with E-state index in [4.69, 9.17) is 11.6 Å². The molecule has 0 unspecified atom stereocenters. The van der Waals surface area contributed by atoms with Gasteiger partial charge in [0, 0.05) is 17.7 Å². The molecule has 0 amide bonds. The van der Waals surface area contributed by atoms with E-state index in [2.05, 4.69) is 9.97 Å². The van der Waals surface area contributed by atoms with Gasteiger partial charge in [0.15, 0.2) is 0 Å². The molecule has 15 heavy (non-hydrogen) atoms. The highest BCUT2D eigenvalue weighted by Crippen LogP contribution is 2.33. The average Bonchev–Trinajstić information content (AvgIpc) is 3.02. The first-order valence-electron chi connectivity index (χ1n) is 5.87. The van der Waals surface area contributed by atoms with E-state index >= 15 is 0 Å². The van der Waals surface area contributed by atoms with Crippen LogP contribution in [-0.4, -0.2) is 9.97 Å². The van der Waals surface area contributed by atoms with Gasteiger partial charge in [-0.3, -0.25) is 0 Å². The van der Waals surface area contributed by atoms with Gasteiger partial charge in [-0.25, -0.2) is 9.97 Å². The molecule has 2 aliphatic rings. The number of halogens is 1. The molecule has 0 bridgehead atoms. The Hall–Kier alpha value is -0.630. The largest absolute Gasteiger partial charge is 0.238 e. The van der Waals surface area contributed by atoms with Crippen LogP contribution in [-0.2, 0) is 19.3 Å². The minimum atomic E-state index is 0.718. The van der Waals surface area contributed by atoms with Crippen molar-refractivity contribution < 1.29 is 0 Å². The number of aryl methyl sites for hydroxylation is 1. The van der Waals surface area contributed by atoms with E-state index in [1.54, 1.807) is 0 Å². The van der Waals surface area contributed by atoms with Crippen molar-refractivity contribution >= 4 is 11.6 Å². The van der Waals surface area contributed by atoms with Gasteiger partial charge in [0.2, 0.25) is 0 Å². The zero-order chi connectivity index (χ0) is 10.3. The average molecular weight is 223 g/mol. The topological polar surface area (TPSA) is 25.8 Å². The second kappa shape index (κ2) is 3.75. The van der Waals surface area contributed by atoms with E-state index in [0.717, 1.165) is 36.2 Å². The van der Waals surface area contributed by atoms with Crippen molar-refractivity contribution in [1.82, 2.24) is 9.97 Å². The number of aromatic nitrogens is 2. The molecule has 3 heteroatoms. The van der Waals surface area contributed by atoms with E-state index in [0.29, 0.717) is 0 Å². The number of rotatable bonds is 2. The van der Waals surface area contributed by atoms with Crippen LogP contribution >= 0.6 is 11.6 Å². The molecule has 2 nitrogen and oxygen atoms in total. The summed E-state index contributed by atoms with van der Waals surface area (Å²) in [7, 11) is 0. The van der Waals surface area contributed by atoms with Crippen molar-refractivity contribution in [2.75, 3.05) is 0 Å². The molecule has 0 radical (unpaired) electrons. The van der Waals surface area contributed by atoms with Crippen LogP contribution in [0.3, 0.4) is 0 Å². The Labute approximate surface area is 95.1 Å². The zero-order valence-corrected chi connectivity index (χ0v) is 9.56. The molecule has 0 N–H and O–H groups in total. The van der Waals surface area contributed by atoms with E-state index in [1.807, 2.05) is 0 Å². The van der Waals surface area contributed by atoms with Crippen molar-refractivity contribution in [3.05, 3.63) is 22.2 Å². The highest BCUT2D eigenvalue weighted by atomic mass is 35.5. The summed E-state index contributed by atoms with van der Waals surface area (Å²) in [6, 6.07) is 0. The third kappa shape index (κ3) is 2.00. The Morgan fingerprint density at radius 1 is 1.13 bits per heavy atom. The molecule has 80 valence electrons. The summed E-state index contributed by atoms with van der Waals surface area (Å²) in [6.07, 6.45) is 8.37. The molecule has 1 heterocycles. The Kier molecular flexibility index (Phi) is 2.39. The molecular formula is C12H15ClN2. The van der Waals surface area contributed by atoms with E-state index < -0.39 is 0 Å². The zero-order valence-electron chi connectivity index (χ0n) is 8.80. The quantitative estimate of drug-likeness (QED) is 0.719. The lowest BCUT2D eigenvalue weighted by atomic mass is 9.97. The summed E-state index contributed by atoms with van der Waals surface area (Å²) in [6.45, 7) is 0. The molecule has 0 spiro atoms. The highest BCUT2D eigenvalue weighted by molar-refractivity contribution is 6.30. The first kappa shape index (κ1) is 9.59. The summed E-state index contributed by atoms with van der Waals surface area (Å²) < 4.78 is 0. The van der Waals surface area contributed by atoms with Crippen LogP contribution < -0.4 is 0 Å². The summed E-state index contributed by atoms with van der Waals surface area (Å²) in [5, 5.41) is 0.718. The van der Waals surface area contributed by atoms with Gasteiger partial charge < -0.3 is 0 Å². The van der Waals surface area contributed by atoms with Crippen LogP contribution in [0.4, 0.5) is 0 Å². The predicted octanol–water partition coefficient (Wildman–Crippen LogP) is 2.96. The van der Waals surface area contributed by atoms with Gasteiger partial charge in [-0.15, -0.1) is 0 Å². The second-order valence-electron chi connectivity index (χ2n) is 4.71. The predicted molar refractivity (Wildman–Crippen MR) is 60.1 cm³/mol. The number of fused-ring (bicyclic) bond motifs is 1. The Morgan fingerprint density at radius 3 is 2.73 bits per heavy atom. The first-order valence-corrected chi connectivity index (χ1v) is 6.25. The summed E-state index contributed by atoms with van der Waals surface area (Å²) in [4.78, 5) is 9.08. The number of hydrogen-bond acceptors (Lipinski definition) is 2. The molecule has 1 aromatic rings. The molecule has 1 aromatic heterocycles. The van der Waals surface area contributed by atoms with E-state index in [-0.39, 0.29) is 0 Å². The second-order valence-corrected chi connectivity index (χ2v) is 5.07. The molecule has 0 aromatic carbocycles. The molecule has 0 atom stereocenters. The van der Waals surface area contributed by atoms with Gasteiger partial charge in [0.1, 0.15) is 11.0 Å². The Bertz CT molecular complexity index is 385. The SMILES string of the molecule is Clc1nc(CC2CC2)nc2c1CCCC2. The van der Waals surface area contributed by atoms with Gasteiger partial charge in [-0.1, -0.05) is 11.6 Å². The fraction of sp³-hybridized carbons (Fsp3) is 0.667. The third-order valence-corrected chi connectivity index (χ3v) is 3.66. The van der Waals surface area contributed by atoms with Crippen LogP contribution in [0.5, 0.6) is 0 Å². The summed E-state index contributed by atoms with van der Waals surface area (Å²) in [5.41, 5.74) is 2.43. The van der Waals surface area contributed by atoms with Crippen molar-refractivity contribution in [3.63, 3.8) is 0 Å². The first-order chi connectivity index (χ1) is 7.33. The molecule has 1 fully saturated rings. The van der Waals surface area contributed by atoms with Crippen LogP contribution in [0, 0.1) is 5.92 Å². The van der Waals surface area contributed by atoms with E-state index in [9.17, 15) is 0 Å². The smallest absolute Gasteiger partial charge is 0.136 e. The van der Waals surface area contributed by atoms with Gasteiger partial charge in [-0.05, 0) is 44.4 Å². The summed E-state index contributed by atoms with van der Waals surface area (Å²) in [5.74, 6) is 1.81. The van der Waals surface area contributed by atoms with Gasteiger partial charge >= 0.3 is 0 Å². The number of nitrogens with zero attached hydrogens (tertiary/aromatic N) is 2. The Balaban J connectivity index is 1.92. The minimum Gasteiger partial charge on any atom is -0.238 e. The maximum absolute atomic E-state index is 6.20. The fourth-order valence-electron chi connectivity index (χ4n) is 2.27. The van der Waals surface area contributed by atoms with Crippen molar-refractivity contribution in [2.45, 2.75) is 44.9 Å². The molecule has 1 saturated carbocycles. The van der Waals surface area contributed by atoms with Gasteiger partial charge in [0.05, 0.1) is 0 Å². The number of hydrogen-bond donors (Lipinski definition) is 0. The lowest BCUT2D eigenvalue weighted by Crippen LogP contribution is -2.10. The summed E-state index contributed by atoms with van der Waals surface area (Å²) >= 11 is 6.20. The molecule has 0 saturated heterocycles. The fourth-order valence-corrected chi connectivity index (χ4v) is 2.57. The molecule has 3 rings (SSSR count). The lowest BCUT2D eigenvalue weighted by molar-refractivity contribution is 0.647. The van der Waals surface area contributed by atoms with Crippen molar-refractivity contribution in [3.8, 4) is 0 Å². The van der Waals surface area contributed by atoms with Crippen LogP contribution in [0.25, 0.3) is 0 Å². The maximum Gasteiger partial charge on any atom is 0.136 e. The molecule has 0 aliphatic heterocycles. The highest BCUT2D eigenvalue weighted by Gasteiger charge is 2.24. The van der Waals surface area contributed by atoms with Crippen molar-refractivity contribution in [1.29, 1.82) is 0 Å². The monoisotopic (exact) mass is 222 g/mol. The van der Waals surface area contributed by atoms with Crippen LogP contribution in [0.15, 0.2) is 0 Å². The van der Waals surface area contributed by atoms with Crippen molar-refractivity contribution in [2.24, 2.45) is 5.92 Å². The minimum absolute atomic E-state index is 0.718. The van der Waals surface area contributed by atoms with Gasteiger partial charge in [-0.2, -0.15) is 0 Å². The molecular weight excluding hydrogens is 208 g/mol. The molecule has 2 aliphatic carbocycles. The standard InChI is InChI=1S/C12H15ClN2/c13-12-9-3-1-2-4-10(9)14-11(15-12)7-8-5-6-8/h8H,1-7H2. The maximum atomic E-state index is 6.20. The van der Waals surface area contributed by atoms with Crippen LogP contribution in [0.2, 0.25) is 5.15 Å². The normalized spacial score (nSPS) is 20.1. The lowest BCUT2D eigenvalue weighted by Gasteiger charge is -2.16. The Morgan fingerprint density at radius 2 is 1.93 bits per heavy atom.